The zero-order valence-electron chi connectivity index (χ0n) is 9.04. The Hall–Kier alpha value is -1.79. The number of nitrogens with zero attached hydrogens (tertiary/aromatic N) is 1. The molecule has 0 aliphatic carbocycles. The van der Waals surface area contributed by atoms with Crippen LogP contribution in [0, 0.1) is 0 Å². The Labute approximate surface area is 95.1 Å². The molecule has 0 saturated heterocycles. The van der Waals surface area contributed by atoms with Crippen LogP contribution in [0.1, 0.15) is 16.9 Å². The third-order valence-electron chi connectivity index (χ3n) is 2.08. The number of carbonyl (C=O) groups excluding carboxylic acids is 1. The van der Waals surface area contributed by atoms with Crippen LogP contribution in [0.3, 0.4) is 0 Å². The SMILES string of the molecule is CN(CCC(F)(F)F)C(=O)c1cccc(=O)[nH]1. The molecule has 1 rings (SSSR count). The lowest BCUT2D eigenvalue weighted by Crippen LogP contribution is -2.32. The van der Waals surface area contributed by atoms with Gasteiger partial charge in [-0.05, 0) is 6.07 Å². The van der Waals surface area contributed by atoms with E-state index in [1.807, 2.05) is 0 Å². The van der Waals surface area contributed by atoms with E-state index in [2.05, 4.69) is 4.98 Å². The Morgan fingerprint density at radius 3 is 2.59 bits per heavy atom. The maximum absolute atomic E-state index is 12.0. The summed E-state index contributed by atoms with van der Waals surface area (Å²) in [5.74, 6) is -0.646. The highest BCUT2D eigenvalue weighted by Gasteiger charge is 2.28. The molecular formula is C10H11F3N2O2. The fourth-order valence-electron chi connectivity index (χ4n) is 1.17. The number of aromatic amines is 1. The number of hydrogen-bond acceptors (Lipinski definition) is 2. The van der Waals surface area contributed by atoms with E-state index >= 15 is 0 Å². The minimum atomic E-state index is -4.31. The topological polar surface area (TPSA) is 53.2 Å². The lowest BCUT2D eigenvalue weighted by Gasteiger charge is -2.17. The van der Waals surface area contributed by atoms with Crippen molar-refractivity contribution < 1.29 is 18.0 Å². The Morgan fingerprint density at radius 1 is 1.41 bits per heavy atom. The summed E-state index contributed by atoms with van der Waals surface area (Å²) in [6.07, 6.45) is -5.38. The Balaban J connectivity index is 2.67. The van der Waals surface area contributed by atoms with Gasteiger partial charge in [0, 0.05) is 19.7 Å². The summed E-state index contributed by atoms with van der Waals surface area (Å²) in [6.45, 7) is -0.445. The van der Waals surface area contributed by atoms with Crippen molar-refractivity contribution in [2.24, 2.45) is 0 Å². The molecule has 0 aromatic carbocycles. The first kappa shape index (κ1) is 13.3. The third-order valence-corrected chi connectivity index (χ3v) is 2.08. The second-order valence-corrected chi connectivity index (χ2v) is 3.52. The van der Waals surface area contributed by atoms with Crippen molar-refractivity contribution in [1.29, 1.82) is 0 Å². The zero-order valence-corrected chi connectivity index (χ0v) is 9.04. The molecule has 0 unspecified atom stereocenters. The van der Waals surface area contributed by atoms with E-state index in [1.165, 1.54) is 25.2 Å². The second-order valence-electron chi connectivity index (χ2n) is 3.52. The number of rotatable bonds is 3. The van der Waals surface area contributed by atoms with Crippen LogP contribution in [0.15, 0.2) is 23.0 Å². The quantitative estimate of drug-likeness (QED) is 0.879. The number of carbonyl (C=O) groups is 1. The van der Waals surface area contributed by atoms with E-state index in [0.717, 1.165) is 4.90 Å². The van der Waals surface area contributed by atoms with E-state index in [9.17, 15) is 22.8 Å². The number of hydrogen-bond donors (Lipinski definition) is 1. The molecule has 0 aliphatic rings. The smallest absolute Gasteiger partial charge is 0.340 e. The van der Waals surface area contributed by atoms with Gasteiger partial charge in [0.2, 0.25) is 5.56 Å². The predicted octanol–water partition coefficient (Wildman–Crippen LogP) is 1.40. The number of halogens is 3. The molecule has 17 heavy (non-hydrogen) atoms. The van der Waals surface area contributed by atoms with Crippen molar-refractivity contribution in [3.05, 3.63) is 34.2 Å². The van der Waals surface area contributed by atoms with Gasteiger partial charge in [0.05, 0.1) is 6.42 Å². The van der Waals surface area contributed by atoms with Gasteiger partial charge in [-0.1, -0.05) is 6.07 Å². The van der Waals surface area contributed by atoms with Gasteiger partial charge >= 0.3 is 6.18 Å². The summed E-state index contributed by atoms with van der Waals surface area (Å²) < 4.78 is 35.9. The molecule has 94 valence electrons. The molecule has 0 fully saturated rings. The Kier molecular flexibility index (Phi) is 3.93. The van der Waals surface area contributed by atoms with Crippen molar-refractivity contribution in [3.63, 3.8) is 0 Å². The second kappa shape index (κ2) is 5.03. The van der Waals surface area contributed by atoms with Gasteiger partial charge in [-0.25, -0.2) is 0 Å². The molecule has 0 atom stereocenters. The minimum Gasteiger partial charge on any atom is -0.340 e. The molecule has 0 saturated carbocycles. The van der Waals surface area contributed by atoms with Crippen LogP contribution in [-0.2, 0) is 0 Å². The first-order valence-corrected chi connectivity index (χ1v) is 4.81. The molecule has 0 radical (unpaired) electrons. The summed E-state index contributed by atoms with van der Waals surface area (Å²) in [5, 5.41) is 0. The fraction of sp³-hybridized carbons (Fsp3) is 0.400. The summed E-state index contributed by atoms with van der Waals surface area (Å²) in [4.78, 5) is 25.7. The van der Waals surface area contributed by atoms with Crippen LogP contribution >= 0.6 is 0 Å². The molecule has 0 spiro atoms. The Bertz CT molecular complexity index is 453. The van der Waals surface area contributed by atoms with Crippen molar-refractivity contribution in [2.45, 2.75) is 12.6 Å². The summed E-state index contributed by atoms with van der Waals surface area (Å²) >= 11 is 0. The number of pyridine rings is 1. The molecule has 1 aromatic heterocycles. The average Bonchev–Trinajstić information content (AvgIpc) is 2.24. The standard InChI is InChI=1S/C10H11F3N2O2/c1-15(6-5-10(11,12)13)9(17)7-3-2-4-8(16)14-7/h2-4H,5-6H2,1H3,(H,14,16). The molecule has 1 amide bonds. The molecule has 1 aromatic rings. The van der Waals surface area contributed by atoms with Crippen molar-refractivity contribution in [1.82, 2.24) is 9.88 Å². The van der Waals surface area contributed by atoms with Gasteiger partial charge in [0.1, 0.15) is 5.69 Å². The van der Waals surface area contributed by atoms with Crippen molar-refractivity contribution in [3.8, 4) is 0 Å². The molecule has 0 bridgehead atoms. The van der Waals surface area contributed by atoms with E-state index in [0.29, 0.717) is 0 Å². The number of H-pyrrole nitrogens is 1. The number of alkyl halides is 3. The fourth-order valence-corrected chi connectivity index (χ4v) is 1.17. The highest BCUT2D eigenvalue weighted by atomic mass is 19.4. The van der Waals surface area contributed by atoms with Gasteiger partial charge in [-0.3, -0.25) is 9.59 Å². The normalized spacial score (nSPS) is 11.3. The minimum absolute atomic E-state index is 0.0258. The van der Waals surface area contributed by atoms with Crippen LogP contribution in [0.2, 0.25) is 0 Å². The van der Waals surface area contributed by atoms with E-state index in [-0.39, 0.29) is 5.69 Å². The molecule has 7 heteroatoms. The van der Waals surface area contributed by atoms with Gasteiger partial charge in [0.15, 0.2) is 0 Å². The van der Waals surface area contributed by atoms with Crippen molar-refractivity contribution >= 4 is 5.91 Å². The van der Waals surface area contributed by atoms with E-state index in [4.69, 9.17) is 0 Å². The molecule has 0 aliphatic heterocycles. The van der Waals surface area contributed by atoms with Crippen LogP contribution in [0.5, 0.6) is 0 Å². The molecular weight excluding hydrogens is 237 g/mol. The number of aromatic nitrogens is 1. The average molecular weight is 248 g/mol. The summed E-state index contributed by atoms with van der Waals surface area (Å²) in [7, 11) is 1.25. The zero-order chi connectivity index (χ0) is 13.1. The lowest BCUT2D eigenvalue weighted by molar-refractivity contribution is -0.136. The number of amides is 1. The van der Waals surface area contributed by atoms with Crippen LogP contribution in [0.4, 0.5) is 13.2 Å². The molecule has 4 nitrogen and oxygen atoms in total. The van der Waals surface area contributed by atoms with Crippen LogP contribution in [-0.4, -0.2) is 35.6 Å². The monoisotopic (exact) mass is 248 g/mol. The third kappa shape index (κ3) is 4.29. The highest BCUT2D eigenvalue weighted by molar-refractivity contribution is 5.91. The summed E-state index contributed by atoms with van der Waals surface area (Å²) in [6, 6.07) is 3.92. The molecule has 1 heterocycles. The summed E-state index contributed by atoms with van der Waals surface area (Å²) in [5.41, 5.74) is -0.498. The van der Waals surface area contributed by atoms with E-state index in [1.54, 1.807) is 0 Å². The van der Waals surface area contributed by atoms with Crippen LogP contribution < -0.4 is 5.56 Å². The van der Waals surface area contributed by atoms with Gasteiger partial charge in [-0.15, -0.1) is 0 Å². The van der Waals surface area contributed by atoms with E-state index < -0.39 is 30.6 Å². The first-order chi connectivity index (χ1) is 7.79. The van der Waals surface area contributed by atoms with Gasteiger partial charge < -0.3 is 9.88 Å². The first-order valence-electron chi connectivity index (χ1n) is 4.81. The van der Waals surface area contributed by atoms with Crippen LogP contribution in [0.25, 0.3) is 0 Å². The van der Waals surface area contributed by atoms with Gasteiger partial charge in [-0.2, -0.15) is 13.2 Å². The lowest BCUT2D eigenvalue weighted by atomic mass is 10.3. The molecule has 1 N–H and O–H groups in total. The highest BCUT2D eigenvalue weighted by Crippen LogP contribution is 2.19. The number of nitrogens with one attached hydrogen (secondary N) is 1. The maximum atomic E-state index is 12.0. The van der Waals surface area contributed by atoms with Gasteiger partial charge in [0.25, 0.3) is 5.91 Å². The predicted molar refractivity (Wildman–Crippen MR) is 54.7 cm³/mol. The largest absolute Gasteiger partial charge is 0.390 e. The Morgan fingerprint density at radius 2 is 2.06 bits per heavy atom. The van der Waals surface area contributed by atoms with Crippen molar-refractivity contribution in [2.75, 3.05) is 13.6 Å². The maximum Gasteiger partial charge on any atom is 0.390 e.